The third kappa shape index (κ3) is 8.92. The summed E-state index contributed by atoms with van der Waals surface area (Å²) >= 11 is 0. The summed E-state index contributed by atoms with van der Waals surface area (Å²) in [5.41, 5.74) is 4.05. The van der Waals surface area contributed by atoms with Gasteiger partial charge < -0.3 is 4.90 Å². The standard InChI is InChI=1S/C23H40N2/c1-9-22(17-18-23(10-2)25(13-5)14-6)19-20(7)15-16-21(8)24(11-3)12-4/h9-10,15-18,23H,2,11-14,19H2,1,3-8H3/b18-17-,20-15+,21-16+,22-9+. The molecule has 0 aliphatic carbocycles. The second kappa shape index (κ2) is 13.7. The van der Waals surface area contributed by atoms with E-state index in [1.165, 1.54) is 16.8 Å². The molecule has 0 N–H and O–H groups in total. The number of likely N-dealkylation sites (N-methyl/N-ethyl adjacent to an activating group) is 1. The van der Waals surface area contributed by atoms with Gasteiger partial charge in [0, 0.05) is 24.8 Å². The Hall–Kier alpha value is -1.54. The molecule has 0 aliphatic heterocycles. The maximum absolute atomic E-state index is 3.99. The summed E-state index contributed by atoms with van der Waals surface area (Å²) < 4.78 is 0. The molecule has 0 saturated carbocycles. The molecule has 0 heterocycles. The molecule has 0 amide bonds. The van der Waals surface area contributed by atoms with Gasteiger partial charge in [-0.3, -0.25) is 4.90 Å². The van der Waals surface area contributed by atoms with E-state index in [1.54, 1.807) is 0 Å². The molecule has 0 aliphatic rings. The molecule has 1 atom stereocenters. The molecule has 0 aromatic heterocycles. The first-order valence-electron chi connectivity index (χ1n) is 9.76. The number of hydrogen-bond acceptors (Lipinski definition) is 2. The molecule has 2 heteroatoms. The topological polar surface area (TPSA) is 6.48 Å². The molecular weight excluding hydrogens is 304 g/mol. The molecule has 0 saturated heterocycles. The molecule has 0 fully saturated rings. The van der Waals surface area contributed by atoms with Gasteiger partial charge in [0.15, 0.2) is 0 Å². The van der Waals surface area contributed by atoms with Crippen LogP contribution >= 0.6 is 0 Å². The fourth-order valence-corrected chi connectivity index (χ4v) is 2.95. The fraction of sp³-hybridized carbons (Fsp3) is 0.565. The zero-order valence-electron chi connectivity index (χ0n) is 17.7. The average molecular weight is 345 g/mol. The van der Waals surface area contributed by atoms with E-state index in [-0.39, 0.29) is 0 Å². The van der Waals surface area contributed by atoms with Crippen molar-refractivity contribution in [1.29, 1.82) is 0 Å². The van der Waals surface area contributed by atoms with E-state index < -0.39 is 0 Å². The first-order chi connectivity index (χ1) is 12.0. The van der Waals surface area contributed by atoms with Crippen molar-refractivity contribution >= 4 is 0 Å². The lowest BCUT2D eigenvalue weighted by atomic mass is 10.0. The average Bonchev–Trinajstić information content (AvgIpc) is 2.63. The first-order valence-corrected chi connectivity index (χ1v) is 9.76. The Bertz CT molecular complexity index is 486. The van der Waals surface area contributed by atoms with Crippen LogP contribution in [0.5, 0.6) is 0 Å². The summed E-state index contributed by atoms with van der Waals surface area (Å²) in [6.07, 6.45) is 14.2. The van der Waals surface area contributed by atoms with Crippen LogP contribution in [-0.2, 0) is 0 Å². The van der Waals surface area contributed by atoms with Crippen LogP contribution in [-0.4, -0.2) is 42.0 Å². The summed E-state index contributed by atoms with van der Waals surface area (Å²) in [4.78, 5) is 4.77. The normalized spacial score (nSPS) is 15.1. The fourth-order valence-electron chi connectivity index (χ4n) is 2.95. The Morgan fingerprint density at radius 3 is 2.00 bits per heavy atom. The smallest absolute Gasteiger partial charge is 0.0462 e. The van der Waals surface area contributed by atoms with Crippen molar-refractivity contribution < 1.29 is 0 Å². The Kier molecular flexibility index (Phi) is 12.9. The largest absolute Gasteiger partial charge is 0.376 e. The predicted octanol–water partition coefficient (Wildman–Crippen LogP) is 5.97. The Labute approximate surface area is 157 Å². The SMILES string of the molecule is C=CC(/C=C\C(=C/C)C/C(C)=C/C=C(\C)N(CC)CC)N(CC)CC. The molecule has 0 rings (SSSR count). The van der Waals surface area contributed by atoms with E-state index in [1.807, 2.05) is 6.08 Å². The lowest BCUT2D eigenvalue weighted by Gasteiger charge is -2.24. The number of allylic oxidation sites excluding steroid dienone is 7. The minimum atomic E-state index is 0.305. The van der Waals surface area contributed by atoms with Crippen LogP contribution in [0.25, 0.3) is 0 Å². The van der Waals surface area contributed by atoms with E-state index >= 15 is 0 Å². The van der Waals surface area contributed by atoms with Gasteiger partial charge in [-0.2, -0.15) is 0 Å². The summed E-state index contributed by atoms with van der Waals surface area (Å²) in [6.45, 7) is 23.5. The highest BCUT2D eigenvalue weighted by Gasteiger charge is 2.07. The minimum absolute atomic E-state index is 0.305. The zero-order valence-corrected chi connectivity index (χ0v) is 17.7. The maximum atomic E-state index is 3.99. The second-order valence-corrected chi connectivity index (χ2v) is 6.34. The summed E-state index contributed by atoms with van der Waals surface area (Å²) in [5, 5.41) is 0. The van der Waals surface area contributed by atoms with Crippen LogP contribution < -0.4 is 0 Å². The predicted molar refractivity (Wildman–Crippen MR) is 115 cm³/mol. The van der Waals surface area contributed by atoms with Gasteiger partial charge in [-0.15, -0.1) is 6.58 Å². The lowest BCUT2D eigenvalue weighted by Crippen LogP contribution is -2.31. The van der Waals surface area contributed by atoms with Crippen LogP contribution in [0.4, 0.5) is 0 Å². The molecule has 142 valence electrons. The van der Waals surface area contributed by atoms with E-state index in [2.05, 4.69) is 95.2 Å². The van der Waals surface area contributed by atoms with E-state index in [9.17, 15) is 0 Å². The highest BCUT2D eigenvalue weighted by molar-refractivity contribution is 5.28. The van der Waals surface area contributed by atoms with Gasteiger partial charge in [-0.05, 0) is 65.8 Å². The van der Waals surface area contributed by atoms with Gasteiger partial charge in [0.25, 0.3) is 0 Å². The first kappa shape index (κ1) is 23.5. The molecule has 2 nitrogen and oxygen atoms in total. The monoisotopic (exact) mass is 344 g/mol. The van der Waals surface area contributed by atoms with Crippen LogP contribution in [0.15, 0.2) is 59.9 Å². The molecule has 1 unspecified atom stereocenters. The van der Waals surface area contributed by atoms with Crippen molar-refractivity contribution in [2.24, 2.45) is 0 Å². The maximum Gasteiger partial charge on any atom is 0.0462 e. The Morgan fingerprint density at radius 1 is 0.960 bits per heavy atom. The van der Waals surface area contributed by atoms with Crippen molar-refractivity contribution in [2.45, 2.75) is 60.9 Å². The molecular formula is C23H40N2. The highest BCUT2D eigenvalue weighted by Crippen LogP contribution is 2.15. The van der Waals surface area contributed by atoms with Gasteiger partial charge in [-0.1, -0.05) is 49.8 Å². The van der Waals surface area contributed by atoms with Crippen molar-refractivity contribution in [1.82, 2.24) is 9.80 Å². The van der Waals surface area contributed by atoms with Gasteiger partial charge in [0.2, 0.25) is 0 Å². The number of hydrogen-bond donors (Lipinski definition) is 0. The van der Waals surface area contributed by atoms with Gasteiger partial charge in [-0.25, -0.2) is 0 Å². The Balaban J connectivity index is 4.98. The van der Waals surface area contributed by atoms with Crippen molar-refractivity contribution in [3.8, 4) is 0 Å². The summed E-state index contributed by atoms with van der Waals surface area (Å²) in [5.74, 6) is 0. The molecule has 0 aromatic carbocycles. The lowest BCUT2D eigenvalue weighted by molar-refractivity contribution is 0.288. The second-order valence-electron chi connectivity index (χ2n) is 6.34. The van der Waals surface area contributed by atoms with Gasteiger partial charge >= 0.3 is 0 Å². The highest BCUT2D eigenvalue weighted by atomic mass is 15.1. The summed E-state index contributed by atoms with van der Waals surface area (Å²) in [7, 11) is 0. The molecule has 0 bridgehead atoms. The van der Waals surface area contributed by atoms with Crippen LogP contribution in [0.3, 0.4) is 0 Å². The summed E-state index contributed by atoms with van der Waals surface area (Å²) in [6, 6.07) is 0.305. The van der Waals surface area contributed by atoms with Crippen LogP contribution in [0, 0.1) is 0 Å². The van der Waals surface area contributed by atoms with Crippen molar-refractivity contribution in [3.05, 3.63) is 59.9 Å². The molecule has 0 radical (unpaired) electrons. The molecule has 25 heavy (non-hydrogen) atoms. The van der Waals surface area contributed by atoms with Crippen molar-refractivity contribution in [2.75, 3.05) is 26.2 Å². The number of nitrogens with zero attached hydrogens (tertiary/aromatic N) is 2. The zero-order chi connectivity index (χ0) is 19.2. The van der Waals surface area contributed by atoms with E-state index in [4.69, 9.17) is 0 Å². The minimum Gasteiger partial charge on any atom is -0.376 e. The van der Waals surface area contributed by atoms with Gasteiger partial charge in [0.05, 0.1) is 0 Å². The van der Waals surface area contributed by atoms with E-state index in [0.29, 0.717) is 6.04 Å². The third-order valence-electron chi connectivity index (χ3n) is 4.71. The van der Waals surface area contributed by atoms with E-state index in [0.717, 1.165) is 32.6 Å². The van der Waals surface area contributed by atoms with Gasteiger partial charge in [0.1, 0.15) is 0 Å². The Morgan fingerprint density at radius 2 is 1.56 bits per heavy atom. The molecule has 0 spiro atoms. The van der Waals surface area contributed by atoms with Crippen molar-refractivity contribution in [3.63, 3.8) is 0 Å². The molecule has 0 aromatic rings. The van der Waals surface area contributed by atoms with Crippen LogP contribution in [0.1, 0.15) is 54.9 Å². The van der Waals surface area contributed by atoms with Crippen LogP contribution in [0.2, 0.25) is 0 Å². The number of rotatable bonds is 12. The quantitative estimate of drug-likeness (QED) is 0.318. The third-order valence-corrected chi connectivity index (χ3v) is 4.71.